The van der Waals surface area contributed by atoms with E-state index in [-0.39, 0.29) is 11.8 Å². The number of rotatable bonds is 6. The number of fused-ring (bicyclic) bond motifs is 1. The molecule has 1 fully saturated rings. The molecule has 1 aromatic rings. The first-order chi connectivity index (χ1) is 12.4. The number of carbonyl (C=O) groups excluding carboxylic acids is 2. The molecule has 1 aromatic heterocycles. The van der Waals surface area contributed by atoms with Crippen LogP contribution in [-0.4, -0.2) is 34.8 Å². The van der Waals surface area contributed by atoms with Crippen LogP contribution in [0, 0.1) is 5.41 Å². The van der Waals surface area contributed by atoms with Gasteiger partial charge in [0.05, 0.1) is 24.9 Å². The minimum Gasteiger partial charge on any atom is -0.481 e. The Balaban J connectivity index is 1.79. The number of amides is 2. The predicted molar refractivity (Wildman–Crippen MR) is 98.8 cm³/mol. The van der Waals surface area contributed by atoms with Crippen LogP contribution in [0.4, 0.5) is 0 Å². The summed E-state index contributed by atoms with van der Waals surface area (Å²) >= 11 is 0. The molecule has 2 heterocycles. The summed E-state index contributed by atoms with van der Waals surface area (Å²) in [6.45, 7) is 6.70. The van der Waals surface area contributed by atoms with Crippen molar-refractivity contribution in [2.24, 2.45) is 5.41 Å². The molecular weight excluding hydrogens is 330 g/mol. The van der Waals surface area contributed by atoms with E-state index in [1.54, 1.807) is 7.11 Å². The first kappa shape index (κ1) is 18.7. The topological polar surface area (TPSA) is 71.5 Å². The lowest BCUT2D eigenvalue weighted by molar-refractivity contribution is -0.129. The number of ether oxygens (including phenoxy) is 1. The summed E-state index contributed by atoms with van der Waals surface area (Å²) in [6.07, 6.45) is 5.28. The van der Waals surface area contributed by atoms with Crippen molar-refractivity contribution in [1.82, 2.24) is 15.2 Å². The number of methoxy groups -OCH3 is 1. The molecule has 0 bridgehead atoms. The van der Waals surface area contributed by atoms with E-state index in [4.69, 9.17) is 4.74 Å². The molecule has 1 aliphatic heterocycles. The molecule has 6 nitrogen and oxygen atoms in total. The van der Waals surface area contributed by atoms with Crippen molar-refractivity contribution in [2.45, 2.75) is 72.0 Å². The van der Waals surface area contributed by atoms with E-state index in [1.807, 2.05) is 31.7 Å². The van der Waals surface area contributed by atoms with Crippen LogP contribution in [0.1, 0.15) is 74.5 Å². The number of hydrogen-bond acceptors (Lipinski definition) is 4. The molecule has 0 saturated heterocycles. The van der Waals surface area contributed by atoms with Crippen LogP contribution in [0.3, 0.4) is 0 Å². The molecule has 1 saturated carbocycles. The minimum atomic E-state index is -0.424. The SMILES string of the molecule is CCC(C)(C)C(=O)NCc1cc2c(nc1OC)CN(C1CCCC1)C2=O. The molecule has 6 heteroatoms. The number of aromatic nitrogens is 1. The molecule has 0 aromatic carbocycles. The lowest BCUT2D eigenvalue weighted by Crippen LogP contribution is -2.36. The van der Waals surface area contributed by atoms with Crippen LogP contribution >= 0.6 is 0 Å². The van der Waals surface area contributed by atoms with Gasteiger partial charge in [-0.25, -0.2) is 4.98 Å². The lowest BCUT2D eigenvalue weighted by atomic mass is 9.89. The summed E-state index contributed by atoms with van der Waals surface area (Å²) in [4.78, 5) is 31.7. The van der Waals surface area contributed by atoms with E-state index in [9.17, 15) is 9.59 Å². The normalized spacial score (nSPS) is 17.5. The standard InChI is InChI=1S/C20H29N3O3/c1-5-20(2,3)19(25)21-11-13-10-15-16(22-17(13)26-4)12-23(18(15)24)14-8-6-7-9-14/h10,14H,5-9,11-12H2,1-4H3,(H,21,25). The maximum absolute atomic E-state index is 12.8. The lowest BCUT2D eigenvalue weighted by Gasteiger charge is -2.22. The predicted octanol–water partition coefficient (Wildman–Crippen LogP) is 3.04. The average molecular weight is 359 g/mol. The molecule has 0 atom stereocenters. The second kappa shape index (κ2) is 7.25. The number of pyridine rings is 1. The number of nitrogens with zero attached hydrogens (tertiary/aromatic N) is 2. The number of hydrogen-bond donors (Lipinski definition) is 1. The molecule has 0 spiro atoms. The van der Waals surface area contributed by atoms with Gasteiger partial charge < -0.3 is 15.0 Å². The number of nitrogens with one attached hydrogen (secondary N) is 1. The molecule has 2 amide bonds. The summed E-state index contributed by atoms with van der Waals surface area (Å²) in [5.41, 5.74) is 1.75. The van der Waals surface area contributed by atoms with Gasteiger partial charge in [0.1, 0.15) is 0 Å². The quantitative estimate of drug-likeness (QED) is 0.847. The Morgan fingerprint density at radius 2 is 2.08 bits per heavy atom. The summed E-state index contributed by atoms with van der Waals surface area (Å²) in [7, 11) is 1.57. The highest BCUT2D eigenvalue weighted by Crippen LogP contribution is 2.33. The van der Waals surface area contributed by atoms with Crippen LogP contribution < -0.4 is 10.1 Å². The third-order valence-corrected chi connectivity index (χ3v) is 5.85. The van der Waals surface area contributed by atoms with Crippen molar-refractivity contribution < 1.29 is 14.3 Å². The molecule has 0 radical (unpaired) electrons. The highest BCUT2D eigenvalue weighted by atomic mass is 16.5. The average Bonchev–Trinajstić information content (AvgIpc) is 3.27. The zero-order valence-electron chi connectivity index (χ0n) is 16.2. The summed E-state index contributed by atoms with van der Waals surface area (Å²) in [5, 5.41) is 2.95. The Hall–Kier alpha value is -2.11. The zero-order valence-corrected chi connectivity index (χ0v) is 16.2. The van der Waals surface area contributed by atoms with Crippen LogP contribution in [0.15, 0.2) is 6.07 Å². The molecule has 1 aliphatic carbocycles. The molecule has 2 aliphatic rings. The van der Waals surface area contributed by atoms with E-state index < -0.39 is 5.41 Å². The minimum absolute atomic E-state index is 0.0125. The van der Waals surface area contributed by atoms with E-state index in [0.717, 1.165) is 30.5 Å². The molecule has 142 valence electrons. The third-order valence-electron chi connectivity index (χ3n) is 5.85. The van der Waals surface area contributed by atoms with Gasteiger partial charge in [0.2, 0.25) is 11.8 Å². The van der Waals surface area contributed by atoms with Crippen molar-refractivity contribution in [1.29, 1.82) is 0 Å². The van der Waals surface area contributed by atoms with E-state index >= 15 is 0 Å². The van der Waals surface area contributed by atoms with Crippen molar-refractivity contribution in [3.8, 4) is 5.88 Å². The summed E-state index contributed by atoms with van der Waals surface area (Å²) in [6, 6.07) is 2.17. The maximum atomic E-state index is 12.8. The largest absolute Gasteiger partial charge is 0.481 e. The van der Waals surface area contributed by atoms with E-state index in [0.29, 0.717) is 30.6 Å². The fourth-order valence-corrected chi connectivity index (χ4v) is 3.66. The molecule has 3 rings (SSSR count). The van der Waals surface area contributed by atoms with Gasteiger partial charge in [0, 0.05) is 23.6 Å². The first-order valence-electron chi connectivity index (χ1n) is 9.53. The fraction of sp³-hybridized carbons (Fsp3) is 0.650. The first-order valence-corrected chi connectivity index (χ1v) is 9.53. The van der Waals surface area contributed by atoms with Crippen molar-refractivity contribution in [2.75, 3.05) is 7.11 Å². The highest BCUT2D eigenvalue weighted by molar-refractivity contribution is 5.98. The van der Waals surface area contributed by atoms with Gasteiger partial charge in [-0.05, 0) is 25.3 Å². The van der Waals surface area contributed by atoms with Gasteiger partial charge in [0.25, 0.3) is 5.91 Å². The maximum Gasteiger partial charge on any atom is 0.256 e. The van der Waals surface area contributed by atoms with Crippen LogP contribution in [-0.2, 0) is 17.9 Å². The summed E-state index contributed by atoms with van der Waals surface area (Å²) in [5.74, 6) is 0.532. The second-order valence-electron chi connectivity index (χ2n) is 7.94. The van der Waals surface area contributed by atoms with Crippen LogP contribution in [0.5, 0.6) is 5.88 Å². The Bertz CT molecular complexity index is 708. The Kier molecular flexibility index (Phi) is 5.21. The second-order valence-corrected chi connectivity index (χ2v) is 7.94. The Morgan fingerprint density at radius 3 is 2.69 bits per heavy atom. The zero-order chi connectivity index (χ0) is 18.9. The van der Waals surface area contributed by atoms with Crippen molar-refractivity contribution >= 4 is 11.8 Å². The van der Waals surface area contributed by atoms with Crippen LogP contribution in [0.25, 0.3) is 0 Å². The Labute approximate surface area is 155 Å². The number of carbonyl (C=O) groups is 2. The van der Waals surface area contributed by atoms with Crippen LogP contribution in [0.2, 0.25) is 0 Å². The highest BCUT2D eigenvalue weighted by Gasteiger charge is 2.36. The molecular formula is C20H29N3O3. The van der Waals surface area contributed by atoms with Crippen molar-refractivity contribution in [3.05, 3.63) is 22.9 Å². The smallest absolute Gasteiger partial charge is 0.256 e. The van der Waals surface area contributed by atoms with E-state index in [2.05, 4.69) is 10.3 Å². The summed E-state index contributed by atoms with van der Waals surface area (Å²) < 4.78 is 5.42. The Morgan fingerprint density at radius 1 is 1.38 bits per heavy atom. The third kappa shape index (κ3) is 3.41. The van der Waals surface area contributed by atoms with Gasteiger partial charge in [-0.1, -0.05) is 33.6 Å². The van der Waals surface area contributed by atoms with Gasteiger partial charge in [-0.2, -0.15) is 0 Å². The van der Waals surface area contributed by atoms with E-state index in [1.165, 1.54) is 12.8 Å². The van der Waals surface area contributed by atoms with Gasteiger partial charge >= 0.3 is 0 Å². The molecule has 0 unspecified atom stereocenters. The molecule has 26 heavy (non-hydrogen) atoms. The van der Waals surface area contributed by atoms with Gasteiger partial charge in [-0.15, -0.1) is 0 Å². The molecule has 1 N–H and O–H groups in total. The van der Waals surface area contributed by atoms with Gasteiger partial charge in [-0.3, -0.25) is 9.59 Å². The van der Waals surface area contributed by atoms with Crippen molar-refractivity contribution in [3.63, 3.8) is 0 Å². The van der Waals surface area contributed by atoms with Gasteiger partial charge in [0.15, 0.2) is 0 Å². The monoisotopic (exact) mass is 359 g/mol. The fourth-order valence-electron chi connectivity index (χ4n) is 3.66.